The number of nitrogens with two attached hydrogens (primary N) is 1. The second-order valence-corrected chi connectivity index (χ2v) is 3.98. The van der Waals surface area contributed by atoms with Gasteiger partial charge in [0.25, 0.3) is 0 Å². The summed E-state index contributed by atoms with van der Waals surface area (Å²) in [7, 11) is 0. The Morgan fingerprint density at radius 2 is 2.50 bits per heavy atom. The van der Waals surface area contributed by atoms with Crippen molar-refractivity contribution in [2.75, 3.05) is 26.2 Å². The number of halogens is 1. The third kappa shape index (κ3) is 3.18. The minimum atomic E-state index is 0. The number of nitrogens with zero attached hydrogens (tertiary/aromatic N) is 2. The van der Waals surface area contributed by atoms with Gasteiger partial charge < -0.3 is 10.5 Å². The monoisotopic (exact) mass is 246 g/mol. The summed E-state index contributed by atoms with van der Waals surface area (Å²) in [5.74, 6) is 0. The molecule has 0 saturated carbocycles. The van der Waals surface area contributed by atoms with Crippen molar-refractivity contribution >= 4 is 12.4 Å². The first-order valence-corrected chi connectivity index (χ1v) is 5.32. The Bertz CT molecular complexity index is 318. The van der Waals surface area contributed by atoms with E-state index in [-0.39, 0.29) is 18.5 Å². The SMILES string of the molecule is Cc1[nH]ncc1CN1CCOC(CN)C1.Cl. The quantitative estimate of drug-likeness (QED) is 0.805. The van der Waals surface area contributed by atoms with E-state index in [0.717, 1.165) is 31.9 Å². The van der Waals surface area contributed by atoms with E-state index < -0.39 is 0 Å². The van der Waals surface area contributed by atoms with Crippen LogP contribution in [0.4, 0.5) is 0 Å². The van der Waals surface area contributed by atoms with E-state index in [1.54, 1.807) is 0 Å². The number of morpholine rings is 1. The van der Waals surface area contributed by atoms with Gasteiger partial charge in [0, 0.05) is 37.4 Å². The van der Waals surface area contributed by atoms with Gasteiger partial charge in [-0.05, 0) is 6.92 Å². The highest BCUT2D eigenvalue weighted by Gasteiger charge is 2.19. The van der Waals surface area contributed by atoms with Gasteiger partial charge in [-0.25, -0.2) is 0 Å². The average Bonchev–Trinajstić information content (AvgIpc) is 2.65. The molecular weight excluding hydrogens is 228 g/mol. The predicted molar refractivity (Wildman–Crippen MR) is 64.6 cm³/mol. The summed E-state index contributed by atoms with van der Waals surface area (Å²) in [4.78, 5) is 2.36. The molecule has 1 saturated heterocycles. The van der Waals surface area contributed by atoms with Crippen LogP contribution in [0.5, 0.6) is 0 Å². The summed E-state index contributed by atoms with van der Waals surface area (Å²) in [6.45, 7) is 6.24. The number of aryl methyl sites for hydroxylation is 1. The molecular formula is C10H19ClN4O. The molecule has 1 aliphatic heterocycles. The lowest BCUT2D eigenvalue weighted by atomic mass is 10.2. The van der Waals surface area contributed by atoms with E-state index in [1.165, 1.54) is 5.56 Å². The highest BCUT2D eigenvalue weighted by molar-refractivity contribution is 5.85. The number of hydrogen-bond acceptors (Lipinski definition) is 4. The smallest absolute Gasteiger partial charge is 0.0824 e. The maximum atomic E-state index is 5.60. The summed E-state index contributed by atoms with van der Waals surface area (Å²) < 4.78 is 5.52. The van der Waals surface area contributed by atoms with Gasteiger partial charge in [0.05, 0.1) is 18.9 Å². The summed E-state index contributed by atoms with van der Waals surface area (Å²) in [6, 6.07) is 0. The molecule has 0 radical (unpaired) electrons. The van der Waals surface area contributed by atoms with Crippen LogP contribution in [0.2, 0.25) is 0 Å². The van der Waals surface area contributed by atoms with Crippen molar-refractivity contribution in [3.63, 3.8) is 0 Å². The van der Waals surface area contributed by atoms with Gasteiger partial charge in [-0.3, -0.25) is 10.00 Å². The molecule has 0 bridgehead atoms. The zero-order chi connectivity index (χ0) is 10.7. The van der Waals surface area contributed by atoms with E-state index in [4.69, 9.17) is 10.5 Å². The standard InChI is InChI=1S/C10H18N4O.ClH/c1-8-9(5-12-13-8)6-14-2-3-15-10(4-11)7-14;/h5,10H,2-4,6-7,11H2,1H3,(H,12,13);1H. The first kappa shape index (κ1) is 13.4. The fraction of sp³-hybridized carbons (Fsp3) is 0.700. The van der Waals surface area contributed by atoms with Crippen LogP contribution in [0, 0.1) is 6.92 Å². The molecule has 16 heavy (non-hydrogen) atoms. The Morgan fingerprint density at radius 3 is 3.12 bits per heavy atom. The van der Waals surface area contributed by atoms with E-state index in [0.29, 0.717) is 6.54 Å². The molecule has 1 aromatic heterocycles. The molecule has 0 aromatic carbocycles. The second-order valence-electron chi connectivity index (χ2n) is 3.98. The van der Waals surface area contributed by atoms with Crippen LogP contribution in [0.3, 0.4) is 0 Å². The van der Waals surface area contributed by atoms with Gasteiger partial charge in [0.2, 0.25) is 0 Å². The van der Waals surface area contributed by atoms with Crippen LogP contribution in [0.15, 0.2) is 6.20 Å². The fourth-order valence-corrected chi connectivity index (χ4v) is 1.84. The molecule has 1 unspecified atom stereocenters. The molecule has 2 heterocycles. The number of aromatic nitrogens is 2. The molecule has 3 N–H and O–H groups in total. The molecule has 0 aliphatic carbocycles. The molecule has 1 aromatic rings. The molecule has 2 rings (SSSR count). The van der Waals surface area contributed by atoms with Gasteiger partial charge in [0.1, 0.15) is 0 Å². The normalized spacial score (nSPS) is 21.8. The first-order chi connectivity index (χ1) is 7.29. The third-order valence-electron chi connectivity index (χ3n) is 2.81. The maximum Gasteiger partial charge on any atom is 0.0824 e. The van der Waals surface area contributed by atoms with Crippen molar-refractivity contribution in [3.8, 4) is 0 Å². The molecule has 0 spiro atoms. The summed E-state index contributed by atoms with van der Waals surface area (Å²) in [6.07, 6.45) is 2.08. The number of aromatic amines is 1. The lowest BCUT2D eigenvalue weighted by molar-refractivity contribution is -0.0261. The Morgan fingerprint density at radius 1 is 1.69 bits per heavy atom. The van der Waals surface area contributed by atoms with Crippen LogP contribution in [0.25, 0.3) is 0 Å². The van der Waals surface area contributed by atoms with Crippen molar-refractivity contribution in [1.82, 2.24) is 15.1 Å². The summed E-state index contributed by atoms with van der Waals surface area (Å²) in [5.41, 5.74) is 8.00. The molecule has 1 atom stereocenters. The largest absolute Gasteiger partial charge is 0.374 e. The number of nitrogens with one attached hydrogen (secondary N) is 1. The third-order valence-corrected chi connectivity index (χ3v) is 2.81. The van der Waals surface area contributed by atoms with E-state index >= 15 is 0 Å². The van der Waals surface area contributed by atoms with Gasteiger partial charge in [0.15, 0.2) is 0 Å². The van der Waals surface area contributed by atoms with Crippen LogP contribution in [0.1, 0.15) is 11.3 Å². The fourth-order valence-electron chi connectivity index (χ4n) is 1.84. The van der Waals surface area contributed by atoms with Gasteiger partial charge >= 0.3 is 0 Å². The number of H-pyrrole nitrogens is 1. The van der Waals surface area contributed by atoms with Gasteiger partial charge in [-0.15, -0.1) is 12.4 Å². The molecule has 1 aliphatic rings. The summed E-state index contributed by atoms with van der Waals surface area (Å²) >= 11 is 0. The van der Waals surface area contributed by atoms with E-state index in [2.05, 4.69) is 15.1 Å². The number of ether oxygens (including phenoxy) is 1. The molecule has 1 fully saturated rings. The lowest BCUT2D eigenvalue weighted by Crippen LogP contribution is -2.45. The zero-order valence-electron chi connectivity index (χ0n) is 9.48. The van der Waals surface area contributed by atoms with E-state index in [9.17, 15) is 0 Å². The Kier molecular flexibility index (Phi) is 5.21. The van der Waals surface area contributed by atoms with Crippen molar-refractivity contribution < 1.29 is 4.74 Å². The molecule has 6 heteroatoms. The molecule has 0 amide bonds. The van der Waals surface area contributed by atoms with Crippen LogP contribution in [-0.2, 0) is 11.3 Å². The van der Waals surface area contributed by atoms with Crippen molar-refractivity contribution in [1.29, 1.82) is 0 Å². The van der Waals surface area contributed by atoms with Gasteiger partial charge in [-0.1, -0.05) is 0 Å². The predicted octanol–water partition coefficient (Wildman–Crippen LogP) is 0.299. The van der Waals surface area contributed by atoms with Crippen molar-refractivity contribution in [2.45, 2.75) is 19.6 Å². The van der Waals surface area contributed by atoms with Gasteiger partial charge in [-0.2, -0.15) is 5.10 Å². The van der Waals surface area contributed by atoms with Crippen molar-refractivity contribution in [2.24, 2.45) is 5.73 Å². The van der Waals surface area contributed by atoms with Crippen LogP contribution < -0.4 is 5.73 Å². The second kappa shape index (κ2) is 6.20. The maximum absolute atomic E-state index is 5.60. The van der Waals surface area contributed by atoms with E-state index in [1.807, 2.05) is 13.1 Å². The average molecular weight is 247 g/mol. The molecule has 5 nitrogen and oxygen atoms in total. The minimum Gasteiger partial charge on any atom is -0.374 e. The zero-order valence-corrected chi connectivity index (χ0v) is 10.3. The highest BCUT2D eigenvalue weighted by Crippen LogP contribution is 2.11. The van der Waals surface area contributed by atoms with Crippen LogP contribution >= 0.6 is 12.4 Å². The topological polar surface area (TPSA) is 67.2 Å². The summed E-state index contributed by atoms with van der Waals surface area (Å²) in [5, 5.41) is 6.97. The molecule has 92 valence electrons. The number of rotatable bonds is 3. The Hall–Kier alpha value is -0.620. The Labute approximate surface area is 102 Å². The lowest BCUT2D eigenvalue weighted by Gasteiger charge is -2.32. The van der Waals surface area contributed by atoms with Crippen molar-refractivity contribution in [3.05, 3.63) is 17.5 Å². The number of hydrogen-bond donors (Lipinski definition) is 2. The van der Waals surface area contributed by atoms with Crippen LogP contribution in [-0.4, -0.2) is 47.4 Å². The Balaban J connectivity index is 0.00000128. The minimum absolute atomic E-state index is 0. The highest BCUT2D eigenvalue weighted by atomic mass is 35.5. The first-order valence-electron chi connectivity index (χ1n) is 5.32.